The van der Waals surface area contributed by atoms with E-state index in [0.717, 1.165) is 49.9 Å². The first-order valence-electron chi connectivity index (χ1n) is 14.8. The lowest BCUT2D eigenvalue weighted by Gasteiger charge is -2.30. The number of rotatable bonds is 8. The first kappa shape index (κ1) is 32.9. The third kappa shape index (κ3) is 8.42. The molecule has 1 fully saturated rings. The number of pyridine rings is 1. The predicted molar refractivity (Wildman–Crippen MR) is 169 cm³/mol. The van der Waals surface area contributed by atoms with Gasteiger partial charge in [0.05, 0.1) is 28.8 Å². The summed E-state index contributed by atoms with van der Waals surface area (Å²) in [4.78, 5) is 25.5. The maximum Gasteiger partial charge on any atom is 0.407 e. The Labute approximate surface area is 265 Å². The maximum atomic E-state index is 15.2. The number of sulfonamides is 1. The number of aryl methyl sites for hydroxylation is 1. The number of aromatic nitrogens is 3. The summed E-state index contributed by atoms with van der Waals surface area (Å²) in [6, 6.07) is 8.15. The van der Waals surface area contributed by atoms with E-state index in [2.05, 4.69) is 30.3 Å². The van der Waals surface area contributed by atoms with Crippen molar-refractivity contribution >= 4 is 38.8 Å². The van der Waals surface area contributed by atoms with Gasteiger partial charge in [-0.2, -0.15) is 0 Å². The minimum absolute atomic E-state index is 0.0243. The van der Waals surface area contributed by atoms with Crippen LogP contribution >= 0.6 is 0 Å². The summed E-state index contributed by atoms with van der Waals surface area (Å²) in [5.74, 6) is -2.55. The van der Waals surface area contributed by atoms with E-state index in [1.165, 1.54) is 18.3 Å². The highest BCUT2D eigenvalue weighted by molar-refractivity contribution is 7.91. The Balaban J connectivity index is 1.25. The average Bonchev–Trinajstić information content (AvgIpc) is 2.96. The van der Waals surface area contributed by atoms with Gasteiger partial charge in [-0.1, -0.05) is 12.1 Å². The van der Waals surface area contributed by atoms with Crippen LogP contribution in [0.4, 0.5) is 29.6 Å². The molecule has 46 heavy (non-hydrogen) atoms. The molecule has 5 rings (SSSR count). The quantitative estimate of drug-likeness (QED) is 0.193. The Kier molecular flexibility index (Phi) is 9.38. The van der Waals surface area contributed by atoms with Crippen molar-refractivity contribution in [2.24, 2.45) is 0 Å². The van der Waals surface area contributed by atoms with Gasteiger partial charge < -0.3 is 15.4 Å². The van der Waals surface area contributed by atoms with Crippen LogP contribution in [0.1, 0.15) is 57.6 Å². The Hall–Kier alpha value is -4.46. The fraction of sp³-hybridized carbons (Fsp3) is 0.375. The van der Waals surface area contributed by atoms with Crippen LogP contribution in [0.2, 0.25) is 0 Å². The monoisotopic (exact) mass is 656 g/mol. The first-order chi connectivity index (χ1) is 21.6. The third-order valence-corrected chi connectivity index (χ3v) is 8.63. The molecule has 2 aromatic heterocycles. The lowest BCUT2D eigenvalue weighted by Crippen LogP contribution is -2.42. The predicted octanol–water partition coefficient (Wildman–Crippen LogP) is 6.61. The smallest absolute Gasteiger partial charge is 0.407 e. The Morgan fingerprint density at radius 1 is 0.957 bits per heavy atom. The van der Waals surface area contributed by atoms with Crippen molar-refractivity contribution in [3.8, 4) is 11.3 Å². The normalized spacial score (nSPS) is 17.0. The number of halogens is 3. The molecular formula is C32H35F3N6O4S. The van der Waals surface area contributed by atoms with Crippen molar-refractivity contribution in [2.45, 2.75) is 76.8 Å². The van der Waals surface area contributed by atoms with Crippen LogP contribution in [-0.2, 0) is 20.5 Å². The SMILES string of the molecule is Cc1cc(-c2cc(F)c(NS(=O)(=O)Cc3ccc(F)cc3)cc2F)nc2cnc(N[C@H]3CC[C@H](NC(=O)OC(C)(C)C)CC3)nc12. The minimum Gasteiger partial charge on any atom is -0.444 e. The molecule has 2 heterocycles. The third-order valence-electron chi connectivity index (χ3n) is 7.39. The fourth-order valence-electron chi connectivity index (χ4n) is 5.25. The molecule has 244 valence electrons. The van der Waals surface area contributed by atoms with Crippen molar-refractivity contribution < 1.29 is 31.1 Å². The summed E-state index contributed by atoms with van der Waals surface area (Å²) in [5.41, 5.74) is 0.680. The molecule has 0 atom stereocenters. The Bertz CT molecular complexity index is 1860. The van der Waals surface area contributed by atoms with Gasteiger partial charge in [-0.05, 0) is 88.8 Å². The van der Waals surface area contributed by atoms with E-state index >= 15 is 8.78 Å². The number of ether oxygens (including phenoxy) is 1. The second kappa shape index (κ2) is 13.1. The zero-order chi connectivity index (χ0) is 33.2. The largest absolute Gasteiger partial charge is 0.444 e. The number of alkyl carbamates (subject to hydrolysis) is 1. The number of hydrogen-bond acceptors (Lipinski definition) is 8. The number of nitrogens with zero attached hydrogens (tertiary/aromatic N) is 3. The van der Waals surface area contributed by atoms with Crippen LogP contribution < -0.4 is 15.4 Å². The van der Waals surface area contributed by atoms with E-state index in [0.29, 0.717) is 22.5 Å². The van der Waals surface area contributed by atoms with Gasteiger partial charge in [0, 0.05) is 23.7 Å². The average molecular weight is 657 g/mol. The van der Waals surface area contributed by atoms with Crippen LogP contribution in [0.5, 0.6) is 0 Å². The van der Waals surface area contributed by atoms with E-state index in [1.54, 1.807) is 13.0 Å². The molecule has 1 aliphatic rings. The lowest BCUT2D eigenvalue weighted by atomic mass is 9.91. The standard InChI is InChI=1S/C32H35F3N6O4S/c1-18-13-26(23-14-25(35)27(15-24(23)34)41-46(43,44)17-19-5-7-20(33)8-6-19)39-28-16-36-30(40-29(18)28)37-21-9-11-22(12-10-21)38-31(42)45-32(2,3)4/h5-8,13-16,21-22,41H,9-12,17H2,1-4H3,(H,38,42)(H,36,37,40)/t21-,22-. The zero-order valence-electron chi connectivity index (χ0n) is 25.8. The van der Waals surface area contributed by atoms with Crippen LogP contribution in [0.15, 0.2) is 48.7 Å². The first-order valence-corrected chi connectivity index (χ1v) is 16.4. The van der Waals surface area contributed by atoms with Gasteiger partial charge in [-0.25, -0.2) is 41.3 Å². The number of fused-ring (bicyclic) bond motifs is 1. The lowest BCUT2D eigenvalue weighted by molar-refractivity contribution is 0.0492. The molecule has 0 radical (unpaired) electrons. The van der Waals surface area contributed by atoms with Crippen molar-refractivity contribution in [2.75, 3.05) is 10.0 Å². The molecule has 2 aromatic carbocycles. The van der Waals surface area contributed by atoms with Crippen LogP contribution in [-0.4, -0.2) is 47.1 Å². The van der Waals surface area contributed by atoms with Crippen LogP contribution in [0.25, 0.3) is 22.3 Å². The number of carbonyl (C=O) groups is 1. The molecule has 10 nitrogen and oxygen atoms in total. The summed E-state index contributed by atoms with van der Waals surface area (Å²) in [6.45, 7) is 7.23. The molecular weight excluding hydrogens is 621 g/mol. The van der Waals surface area contributed by atoms with Gasteiger partial charge >= 0.3 is 6.09 Å². The van der Waals surface area contributed by atoms with Crippen LogP contribution in [0, 0.1) is 24.4 Å². The van der Waals surface area contributed by atoms with Crippen molar-refractivity contribution in [1.82, 2.24) is 20.3 Å². The topological polar surface area (TPSA) is 135 Å². The fourth-order valence-corrected chi connectivity index (χ4v) is 6.45. The number of carbonyl (C=O) groups excluding carboxylic acids is 1. The van der Waals surface area contributed by atoms with E-state index < -0.39 is 50.6 Å². The highest BCUT2D eigenvalue weighted by Gasteiger charge is 2.25. The molecule has 0 unspecified atom stereocenters. The summed E-state index contributed by atoms with van der Waals surface area (Å²) in [7, 11) is -4.12. The summed E-state index contributed by atoms with van der Waals surface area (Å²) >= 11 is 0. The number of hydrogen-bond donors (Lipinski definition) is 3. The van der Waals surface area contributed by atoms with Gasteiger partial charge in [0.2, 0.25) is 16.0 Å². The molecule has 1 amide bonds. The summed E-state index contributed by atoms with van der Waals surface area (Å²) in [5, 5.41) is 6.26. The molecule has 1 aliphatic carbocycles. The molecule has 4 aromatic rings. The highest BCUT2D eigenvalue weighted by Crippen LogP contribution is 2.30. The molecule has 0 aliphatic heterocycles. The van der Waals surface area contributed by atoms with E-state index in [1.807, 2.05) is 20.8 Å². The van der Waals surface area contributed by atoms with Gasteiger partial charge in [-0.3, -0.25) is 4.72 Å². The molecule has 14 heteroatoms. The van der Waals surface area contributed by atoms with E-state index in [4.69, 9.17) is 4.74 Å². The Morgan fingerprint density at radius 2 is 1.63 bits per heavy atom. The van der Waals surface area contributed by atoms with Crippen molar-refractivity contribution in [1.29, 1.82) is 0 Å². The zero-order valence-corrected chi connectivity index (χ0v) is 26.6. The van der Waals surface area contributed by atoms with E-state index in [-0.39, 0.29) is 28.9 Å². The summed E-state index contributed by atoms with van der Waals surface area (Å²) in [6.07, 6.45) is 4.20. The minimum atomic E-state index is -4.12. The molecule has 3 N–H and O–H groups in total. The van der Waals surface area contributed by atoms with Gasteiger partial charge in [0.1, 0.15) is 28.6 Å². The van der Waals surface area contributed by atoms with Gasteiger partial charge in [0.15, 0.2) is 0 Å². The number of anilines is 2. The molecule has 0 bridgehead atoms. The van der Waals surface area contributed by atoms with Gasteiger partial charge in [-0.15, -0.1) is 0 Å². The highest BCUT2D eigenvalue weighted by atomic mass is 32.2. The summed E-state index contributed by atoms with van der Waals surface area (Å²) < 4.78 is 76.0. The maximum absolute atomic E-state index is 15.2. The van der Waals surface area contributed by atoms with E-state index in [9.17, 15) is 17.6 Å². The van der Waals surface area contributed by atoms with Gasteiger partial charge in [0.25, 0.3) is 0 Å². The molecule has 0 saturated heterocycles. The number of benzene rings is 2. The van der Waals surface area contributed by atoms with Crippen LogP contribution in [0.3, 0.4) is 0 Å². The number of amides is 1. The second-order valence-corrected chi connectivity index (χ2v) is 14.1. The number of nitrogens with one attached hydrogen (secondary N) is 3. The molecule has 0 spiro atoms. The second-order valence-electron chi connectivity index (χ2n) is 12.4. The van der Waals surface area contributed by atoms with Crippen molar-refractivity contribution in [3.63, 3.8) is 0 Å². The van der Waals surface area contributed by atoms with Crippen molar-refractivity contribution in [3.05, 3.63) is 77.2 Å². The molecule has 1 saturated carbocycles. The Morgan fingerprint density at radius 3 is 2.30 bits per heavy atom.